The molecule has 0 unspecified atom stereocenters. The summed E-state index contributed by atoms with van der Waals surface area (Å²) in [4.78, 5) is 14.8. The zero-order valence-corrected chi connectivity index (χ0v) is 21.0. The van der Waals surface area contributed by atoms with E-state index >= 15 is 0 Å². The quantitative estimate of drug-likeness (QED) is 0.501. The molecule has 2 atom stereocenters. The Bertz CT molecular complexity index is 941. The van der Waals surface area contributed by atoms with Gasteiger partial charge >= 0.3 is 0 Å². The third kappa shape index (κ3) is 6.50. The molecule has 1 amide bonds. The van der Waals surface area contributed by atoms with Crippen molar-refractivity contribution in [3.05, 3.63) is 36.1 Å². The van der Waals surface area contributed by atoms with Gasteiger partial charge in [0.2, 0.25) is 16.3 Å². The monoisotopic (exact) mass is 496 g/mol. The molecule has 2 aliphatic rings. The molecule has 1 N–H and O–H groups in total. The van der Waals surface area contributed by atoms with Gasteiger partial charge in [-0.25, -0.2) is 8.42 Å². The molecule has 0 spiro atoms. The lowest BCUT2D eigenvalue weighted by Gasteiger charge is -2.32. The van der Waals surface area contributed by atoms with Gasteiger partial charge in [-0.05, 0) is 55.0 Å². The van der Waals surface area contributed by atoms with Crippen LogP contribution in [0.2, 0.25) is 0 Å². The maximum absolute atomic E-state index is 13.1. The van der Waals surface area contributed by atoms with Crippen LogP contribution in [0.5, 0.6) is 5.75 Å². The summed E-state index contributed by atoms with van der Waals surface area (Å²) in [6.45, 7) is 5.38. The summed E-state index contributed by atoms with van der Waals surface area (Å²) in [7, 11) is -2.32. The summed E-state index contributed by atoms with van der Waals surface area (Å²) in [6.07, 6.45) is 3.83. The van der Waals surface area contributed by atoms with E-state index in [-0.39, 0.29) is 43.0 Å². The maximum Gasteiger partial charge on any atom is 0.288 e. The zero-order valence-electron chi connectivity index (χ0n) is 20.2. The molecule has 1 fully saturated rings. The molecule has 10 heteroatoms. The SMILES string of the molecule is COc1ccc(S(=O)(=O)N(CCO)CCO[C@@H]2C[C@H](C(C)C)C=C(C(=O)N3CCCC3)O2)cc1. The van der Waals surface area contributed by atoms with E-state index in [2.05, 4.69) is 13.8 Å². The summed E-state index contributed by atoms with van der Waals surface area (Å²) < 4.78 is 44.2. The highest BCUT2D eigenvalue weighted by Crippen LogP contribution is 2.30. The van der Waals surface area contributed by atoms with Crippen LogP contribution in [0.3, 0.4) is 0 Å². The van der Waals surface area contributed by atoms with E-state index in [1.165, 1.54) is 23.5 Å². The number of carbonyl (C=O) groups is 1. The van der Waals surface area contributed by atoms with E-state index in [0.717, 1.165) is 25.9 Å². The van der Waals surface area contributed by atoms with Gasteiger partial charge in [0.1, 0.15) is 5.75 Å². The van der Waals surface area contributed by atoms with E-state index in [1.54, 1.807) is 17.0 Å². The number of rotatable bonds is 11. The summed E-state index contributed by atoms with van der Waals surface area (Å²) in [5.41, 5.74) is 0. The summed E-state index contributed by atoms with van der Waals surface area (Å²) in [6, 6.07) is 6.09. The summed E-state index contributed by atoms with van der Waals surface area (Å²) >= 11 is 0. The van der Waals surface area contributed by atoms with Crippen LogP contribution in [0.15, 0.2) is 41.0 Å². The number of nitrogens with zero attached hydrogens (tertiary/aromatic N) is 2. The van der Waals surface area contributed by atoms with Crippen molar-refractivity contribution in [3.63, 3.8) is 0 Å². The number of sulfonamides is 1. The minimum atomic E-state index is -3.83. The normalized spacial score (nSPS) is 21.0. The largest absolute Gasteiger partial charge is 0.497 e. The van der Waals surface area contributed by atoms with Crippen LogP contribution in [-0.2, 0) is 24.3 Å². The average Bonchev–Trinajstić information content (AvgIpc) is 3.38. The second-order valence-electron chi connectivity index (χ2n) is 8.90. The average molecular weight is 497 g/mol. The molecule has 9 nitrogen and oxygen atoms in total. The lowest BCUT2D eigenvalue weighted by Crippen LogP contribution is -2.39. The molecule has 1 aromatic carbocycles. The lowest BCUT2D eigenvalue weighted by atomic mass is 9.90. The van der Waals surface area contributed by atoms with Crippen molar-refractivity contribution in [3.8, 4) is 5.75 Å². The number of likely N-dealkylation sites (tertiary alicyclic amines) is 1. The Kier molecular flexibility index (Phi) is 9.35. The van der Waals surface area contributed by atoms with Crippen LogP contribution in [0.25, 0.3) is 0 Å². The Morgan fingerprint density at radius 3 is 2.47 bits per heavy atom. The zero-order chi connectivity index (χ0) is 24.7. The van der Waals surface area contributed by atoms with E-state index in [1.807, 2.05) is 6.08 Å². The van der Waals surface area contributed by atoms with Crippen molar-refractivity contribution in [1.29, 1.82) is 0 Å². The molecular weight excluding hydrogens is 460 g/mol. The Morgan fingerprint density at radius 1 is 1.21 bits per heavy atom. The van der Waals surface area contributed by atoms with Crippen molar-refractivity contribution in [1.82, 2.24) is 9.21 Å². The highest BCUT2D eigenvalue weighted by atomic mass is 32.2. The number of benzene rings is 1. The number of aliphatic hydroxyl groups excluding tert-OH is 1. The van der Waals surface area contributed by atoms with E-state index < -0.39 is 16.3 Å². The number of aliphatic hydroxyl groups is 1. The van der Waals surface area contributed by atoms with Crippen LogP contribution in [-0.4, -0.2) is 81.4 Å². The molecule has 190 valence electrons. The molecule has 0 aliphatic carbocycles. The van der Waals surface area contributed by atoms with Gasteiger partial charge in [-0.3, -0.25) is 4.79 Å². The molecule has 0 bridgehead atoms. The molecule has 2 heterocycles. The fourth-order valence-electron chi connectivity index (χ4n) is 4.12. The van der Waals surface area contributed by atoms with Crippen LogP contribution in [0.1, 0.15) is 33.1 Å². The Labute approximate surface area is 202 Å². The van der Waals surface area contributed by atoms with Crippen molar-refractivity contribution in [2.75, 3.05) is 46.5 Å². The number of ether oxygens (including phenoxy) is 3. The van der Waals surface area contributed by atoms with E-state index in [0.29, 0.717) is 23.8 Å². The molecule has 0 saturated carbocycles. The molecule has 2 aliphatic heterocycles. The smallest absolute Gasteiger partial charge is 0.288 e. The first kappa shape index (κ1) is 26.5. The van der Waals surface area contributed by atoms with Crippen molar-refractivity contribution in [2.24, 2.45) is 11.8 Å². The van der Waals surface area contributed by atoms with Gasteiger partial charge in [-0.2, -0.15) is 4.31 Å². The molecule has 1 aromatic rings. The lowest BCUT2D eigenvalue weighted by molar-refractivity contribution is -0.155. The van der Waals surface area contributed by atoms with E-state index in [9.17, 15) is 18.3 Å². The highest BCUT2D eigenvalue weighted by Gasteiger charge is 2.32. The molecule has 0 radical (unpaired) electrons. The van der Waals surface area contributed by atoms with Gasteiger partial charge in [-0.15, -0.1) is 0 Å². The number of allylic oxidation sites excluding steroid dienone is 1. The first-order valence-electron chi connectivity index (χ1n) is 11.8. The molecular formula is C24H36N2O7S. The van der Waals surface area contributed by atoms with Gasteiger partial charge < -0.3 is 24.2 Å². The minimum Gasteiger partial charge on any atom is -0.497 e. The second kappa shape index (κ2) is 12.0. The first-order valence-corrected chi connectivity index (χ1v) is 13.2. The van der Waals surface area contributed by atoms with Gasteiger partial charge in [0.15, 0.2) is 5.76 Å². The van der Waals surface area contributed by atoms with Gasteiger partial charge in [-0.1, -0.05) is 13.8 Å². The number of amides is 1. The predicted molar refractivity (Wildman–Crippen MR) is 127 cm³/mol. The number of carbonyl (C=O) groups excluding carboxylic acids is 1. The highest BCUT2D eigenvalue weighted by molar-refractivity contribution is 7.89. The third-order valence-electron chi connectivity index (χ3n) is 6.24. The third-order valence-corrected chi connectivity index (χ3v) is 8.15. The maximum atomic E-state index is 13.1. The van der Waals surface area contributed by atoms with Crippen molar-refractivity contribution >= 4 is 15.9 Å². The second-order valence-corrected chi connectivity index (χ2v) is 10.8. The van der Waals surface area contributed by atoms with Crippen molar-refractivity contribution in [2.45, 2.75) is 44.3 Å². The number of hydrogen-bond acceptors (Lipinski definition) is 7. The van der Waals surface area contributed by atoms with E-state index in [4.69, 9.17) is 14.2 Å². The molecule has 0 aromatic heterocycles. The standard InChI is InChI=1S/C24H36N2O7S/c1-18(2)19-16-22(24(28)25-10-4-5-11-25)33-23(17-19)32-15-13-26(12-14-27)34(29,30)21-8-6-20(31-3)7-9-21/h6-9,16,18-19,23,27H,4-5,10-15,17H2,1-3H3/t19-,23+/m1/s1. The Morgan fingerprint density at radius 2 is 1.88 bits per heavy atom. The fraction of sp³-hybridized carbons (Fsp3) is 0.625. The van der Waals surface area contributed by atoms with Gasteiger partial charge in [0.05, 0.1) is 25.2 Å². The molecule has 3 rings (SSSR count). The number of methoxy groups -OCH3 is 1. The van der Waals surface area contributed by atoms with Gasteiger partial charge in [0, 0.05) is 32.6 Å². The Balaban J connectivity index is 1.63. The number of hydrogen-bond donors (Lipinski definition) is 1. The first-order chi connectivity index (χ1) is 16.3. The summed E-state index contributed by atoms with van der Waals surface area (Å²) in [5.74, 6) is 1.18. The minimum absolute atomic E-state index is 0.0419. The Hall–Kier alpha value is -2.14. The van der Waals surface area contributed by atoms with Crippen LogP contribution in [0.4, 0.5) is 0 Å². The molecule has 34 heavy (non-hydrogen) atoms. The topological polar surface area (TPSA) is 106 Å². The summed E-state index contributed by atoms with van der Waals surface area (Å²) in [5, 5.41) is 9.43. The van der Waals surface area contributed by atoms with Crippen LogP contribution >= 0.6 is 0 Å². The fourth-order valence-corrected chi connectivity index (χ4v) is 5.54. The van der Waals surface area contributed by atoms with Crippen LogP contribution < -0.4 is 4.74 Å². The van der Waals surface area contributed by atoms with Gasteiger partial charge in [0.25, 0.3) is 5.91 Å². The van der Waals surface area contributed by atoms with Crippen molar-refractivity contribution < 1.29 is 32.5 Å². The molecule has 1 saturated heterocycles. The van der Waals surface area contributed by atoms with Crippen LogP contribution in [0, 0.1) is 11.8 Å². The predicted octanol–water partition coefficient (Wildman–Crippen LogP) is 2.22.